The van der Waals surface area contributed by atoms with Gasteiger partial charge in [-0.1, -0.05) is 99.9 Å². The van der Waals surface area contributed by atoms with Gasteiger partial charge in [0.05, 0.1) is 4.83 Å². The molecule has 0 aromatic heterocycles. The van der Waals surface area contributed by atoms with Crippen LogP contribution in [0.15, 0.2) is 0 Å². The van der Waals surface area contributed by atoms with Crippen molar-refractivity contribution in [3.8, 4) is 0 Å². The molecule has 1 atom stereocenters. The van der Waals surface area contributed by atoms with Crippen molar-refractivity contribution in [2.24, 2.45) is 0 Å². The second-order valence-corrected chi connectivity index (χ2v) is 7.27. The summed E-state index contributed by atoms with van der Waals surface area (Å²) in [6, 6.07) is 0. The SMILES string of the molecule is CCCCCCCCCCCCCCC(Br)C(=O)CC(=O)[O-]. The molecule has 0 aromatic rings. The average molecular weight is 376 g/mol. The fourth-order valence-corrected chi connectivity index (χ4v) is 3.06. The summed E-state index contributed by atoms with van der Waals surface area (Å²) < 4.78 is 0. The Balaban J connectivity index is 3.26. The van der Waals surface area contributed by atoms with Crippen LogP contribution in [0.3, 0.4) is 0 Å². The lowest BCUT2D eigenvalue weighted by molar-refractivity contribution is -0.304. The Morgan fingerprint density at radius 1 is 0.818 bits per heavy atom. The summed E-state index contributed by atoms with van der Waals surface area (Å²) in [6.45, 7) is 2.25. The van der Waals surface area contributed by atoms with Gasteiger partial charge in [-0.15, -0.1) is 0 Å². The van der Waals surface area contributed by atoms with Crippen molar-refractivity contribution < 1.29 is 14.7 Å². The van der Waals surface area contributed by atoms with Crippen molar-refractivity contribution in [1.29, 1.82) is 0 Å². The lowest BCUT2D eigenvalue weighted by Crippen LogP contribution is -2.28. The molecule has 3 nitrogen and oxygen atoms in total. The number of alkyl halides is 1. The van der Waals surface area contributed by atoms with Crippen molar-refractivity contribution in [2.75, 3.05) is 0 Å². The van der Waals surface area contributed by atoms with Crippen LogP contribution in [-0.4, -0.2) is 16.6 Å². The first-order valence-corrected chi connectivity index (χ1v) is 9.86. The van der Waals surface area contributed by atoms with Crippen molar-refractivity contribution in [1.82, 2.24) is 0 Å². The summed E-state index contributed by atoms with van der Waals surface area (Å²) in [4.78, 5) is 21.4. The highest BCUT2D eigenvalue weighted by Crippen LogP contribution is 2.16. The number of carboxylic acid groups (broad SMARTS) is 1. The number of rotatable bonds is 16. The van der Waals surface area contributed by atoms with Crippen LogP contribution >= 0.6 is 15.9 Å². The molecular formula is C18H32BrO3-. The molecule has 0 radical (unpaired) electrons. The van der Waals surface area contributed by atoms with E-state index >= 15 is 0 Å². The molecule has 4 heteroatoms. The molecule has 0 bridgehead atoms. The zero-order valence-corrected chi connectivity index (χ0v) is 15.7. The van der Waals surface area contributed by atoms with E-state index in [-0.39, 0.29) is 10.6 Å². The minimum Gasteiger partial charge on any atom is -0.550 e. The standard InChI is InChI=1S/C18H33BrO3/c1-2-3-4-5-6-7-8-9-10-11-12-13-14-16(19)17(20)15-18(21)22/h16H,2-15H2,1H3,(H,21,22)/p-1. The maximum Gasteiger partial charge on any atom is 0.152 e. The second kappa shape index (κ2) is 15.5. The summed E-state index contributed by atoms with van der Waals surface area (Å²) in [7, 11) is 0. The van der Waals surface area contributed by atoms with Gasteiger partial charge in [-0.3, -0.25) is 4.79 Å². The number of carboxylic acids is 1. The highest BCUT2D eigenvalue weighted by atomic mass is 79.9. The topological polar surface area (TPSA) is 57.2 Å². The molecule has 0 aromatic carbocycles. The van der Waals surface area contributed by atoms with Crippen LogP contribution in [0.5, 0.6) is 0 Å². The first-order chi connectivity index (χ1) is 10.6. The Morgan fingerprint density at radius 3 is 1.64 bits per heavy atom. The van der Waals surface area contributed by atoms with Gasteiger partial charge in [0.2, 0.25) is 0 Å². The molecule has 0 N–H and O–H groups in total. The number of halogens is 1. The van der Waals surface area contributed by atoms with Gasteiger partial charge in [-0.25, -0.2) is 0 Å². The van der Waals surface area contributed by atoms with Gasteiger partial charge in [0.1, 0.15) is 0 Å². The van der Waals surface area contributed by atoms with Gasteiger partial charge in [0.15, 0.2) is 5.78 Å². The molecule has 0 fully saturated rings. The van der Waals surface area contributed by atoms with Crippen molar-refractivity contribution in [3.05, 3.63) is 0 Å². The third-order valence-electron chi connectivity index (χ3n) is 3.98. The predicted molar refractivity (Wildman–Crippen MR) is 93.0 cm³/mol. The van der Waals surface area contributed by atoms with Gasteiger partial charge in [0, 0.05) is 12.4 Å². The lowest BCUT2D eigenvalue weighted by Gasteiger charge is -2.09. The van der Waals surface area contributed by atoms with Crippen LogP contribution in [0.2, 0.25) is 0 Å². The summed E-state index contributed by atoms with van der Waals surface area (Å²) in [5.74, 6) is -1.56. The molecule has 0 aliphatic heterocycles. The number of ketones is 1. The molecule has 0 saturated carbocycles. The van der Waals surface area contributed by atoms with Crippen LogP contribution < -0.4 is 5.11 Å². The van der Waals surface area contributed by atoms with Gasteiger partial charge < -0.3 is 9.90 Å². The van der Waals surface area contributed by atoms with Gasteiger partial charge >= 0.3 is 0 Å². The molecule has 0 amide bonds. The zero-order valence-electron chi connectivity index (χ0n) is 14.1. The molecule has 0 aliphatic carbocycles. The minimum absolute atomic E-state index is 0.275. The van der Waals surface area contributed by atoms with Gasteiger partial charge in [0.25, 0.3) is 0 Å². The number of carbonyl (C=O) groups excluding carboxylic acids is 2. The van der Waals surface area contributed by atoms with Crippen molar-refractivity contribution in [2.45, 2.75) is 102 Å². The quantitative estimate of drug-likeness (QED) is 0.226. The molecule has 0 aliphatic rings. The number of Topliss-reactive ketones (excluding diaryl/α,β-unsaturated/α-hetero) is 1. The third kappa shape index (κ3) is 14.6. The molecule has 1 unspecified atom stereocenters. The first-order valence-electron chi connectivity index (χ1n) is 8.94. The Hall–Kier alpha value is -0.380. The molecule has 0 saturated heterocycles. The van der Waals surface area contributed by atoms with Crippen LogP contribution in [0.1, 0.15) is 96.8 Å². The lowest BCUT2D eigenvalue weighted by atomic mass is 10.0. The zero-order chi connectivity index (χ0) is 16.6. The first kappa shape index (κ1) is 21.6. The number of hydrogen-bond donors (Lipinski definition) is 0. The highest BCUT2D eigenvalue weighted by Gasteiger charge is 2.13. The number of aliphatic carboxylic acids is 1. The van der Waals surface area contributed by atoms with Gasteiger partial charge in [-0.05, 0) is 6.42 Å². The summed E-state index contributed by atoms with van der Waals surface area (Å²) in [5, 5.41) is 10.3. The average Bonchev–Trinajstić information content (AvgIpc) is 2.47. The summed E-state index contributed by atoms with van der Waals surface area (Å²) >= 11 is 3.26. The third-order valence-corrected chi connectivity index (χ3v) is 4.95. The Morgan fingerprint density at radius 2 is 1.23 bits per heavy atom. The smallest absolute Gasteiger partial charge is 0.152 e. The van der Waals surface area contributed by atoms with E-state index in [0.29, 0.717) is 0 Å². The van der Waals surface area contributed by atoms with Crippen molar-refractivity contribution >= 4 is 27.7 Å². The maximum atomic E-state index is 11.4. The molecule has 22 heavy (non-hydrogen) atoms. The maximum absolute atomic E-state index is 11.4. The van der Waals surface area contributed by atoms with E-state index in [4.69, 9.17) is 0 Å². The van der Waals surface area contributed by atoms with E-state index in [1.807, 2.05) is 0 Å². The normalized spacial score (nSPS) is 12.3. The number of carbonyl (C=O) groups is 2. The van der Waals surface area contributed by atoms with Crippen LogP contribution in [0, 0.1) is 0 Å². The van der Waals surface area contributed by atoms with Crippen LogP contribution in [-0.2, 0) is 9.59 Å². The minimum atomic E-state index is -1.29. The molecule has 0 heterocycles. The van der Waals surface area contributed by atoms with Crippen LogP contribution in [0.4, 0.5) is 0 Å². The Labute approximate surface area is 144 Å². The molecule has 0 rings (SSSR count). The molecule has 0 spiro atoms. The van der Waals surface area contributed by atoms with E-state index < -0.39 is 12.4 Å². The Bertz CT molecular complexity index is 292. The van der Waals surface area contributed by atoms with E-state index in [9.17, 15) is 14.7 Å². The largest absolute Gasteiger partial charge is 0.550 e. The van der Waals surface area contributed by atoms with Crippen molar-refractivity contribution in [3.63, 3.8) is 0 Å². The highest BCUT2D eigenvalue weighted by molar-refractivity contribution is 9.10. The van der Waals surface area contributed by atoms with Gasteiger partial charge in [-0.2, -0.15) is 0 Å². The van der Waals surface area contributed by atoms with E-state index in [1.165, 1.54) is 64.2 Å². The fourth-order valence-electron chi connectivity index (χ4n) is 2.58. The predicted octanol–water partition coefficient (Wildman–Crippen LogP) is 4.55. The molecular weight excluding hydrogens is 344 g/mol. The monoisotopic (exact) mass is 375 g/mol. The Kier molecular flexibility index (Phi) is 15.2. The number of hydrogen-bond acceptors (Lipinski definition) is 3. The van der Waals surface area contributed by atoms with Crippen LogP contribution in [0.25, 0.3) is 0 Å². The fraction of sp³-hybridized carbons (Fsp3) is 0.889. The van der Waals surface area contributed by atoms with E-state index in [2.05, 4.69) is 22.9 Å². The number of unbranched alkanes of at least 4 members (excludes halogenated alkanes) is 11. The second-order valence-electron chi connectivity index (χ2n) is 6.16. The molecule has 130 valence electrons. The van der Waals surface area contributed by atoms with E-state index in [0.717, 1.165) is 19.3 Å². The summed E-state index contributed by atoms with van der Waals surface area (Å²) in [5.41, 5.74) is 0. The summed E-state index contributed by atoms with van der Waals surface area (Å²) in [6.07, 6.45) is 15.7. The van der Waals surface area contributed by atoms with E-state index in [1.54, 1.807) is 0 Å².